The summed E-state index contributed by atoms with van der Waals surface area (Å²) in [5.41, 5.74) is 0.476. The summed E-state index contributed by atoms with van der Waals surface area (Å²) in [6.07, 6.45) is 1.53. The highest BCUT2D eigenvalue weighted by atomic mass is 35.5. The maximum Gasteiger partial charge on any atom is 0.410 e. The summed E-state index contributed by atoms with van der Waals surface area (Å²) in [5.74, 6) is -0.347. The second kappa shape index (κ2) is 11.6. The van der Waals surface area contributed by atoms with E-state index in [0.29, 0.717) is 0 Å². The molecule has 1 amide bonds. The quantitative estimate of drug-likeness (QED) is 0.478. The average Bonchev–Trinajstić information content (AvgIpc) is 2.54. The number of carbonyl (C=O) groups is 2. The first-order chi connectivity index (χ1) is 11.9. The van der Waals surface area contributed by atoms with Crippen LogP contribution in [0.2, 0.25) is 10.0 Å². The molecule has 1 atom stereocenters. The second-order valence-electron chi connectivity index (χ2n) is 6.46. The molecule has 0 aromatic heterocycles. The van der Waals surface area contributed by atoms with Crippen LogP contribution in [0.15, 0.2) is 18.2 Å². The maximum absolute atomic E-state index is 11.8. The molecule has 0 heterocycles. The molecule has 0 aliphatic heterocycles. The highest BCUT2D eigenvalue weighted by molar-refractivity contribution is 7.99. The van der Waals surface area contributed by atoms with Crippen molar-refractivity contribution in [2.24, 2.45) is 0 Å². The summed E-state index contributed by atoms with van der Waals surface area (Å²) in [4.78, 5) is 24.4. The smallest absolute Gasteiger partial charge is 0.410 e. The van der Waals surface area contributed by atoms with Gasteiger partial charge in [0.2, 0.25) is 0 Å². The number of methoxy groups -OCH3 is 1. The predicted molar refractivity (Wildman–Crippen MR) is 109 cm³/mol. The highest BCUT2D eigenvalue weighted by Gasteiger charge is 2.26. The van der Waals surface area contributed by atoms with E-state index in [4.69, 9.17) is 27.9 Å². The van der Waals surface area contributed by atoms with Crippen molar-refractivity contribution in [3.8, 4) is 0 Å². The number of aryl methyl sites for hydroxylation is 1. The fraction of sp³-hybridized carbons (Fsp3) is 0.556. The Morgan fingerprint density at radius 1 is 1.27 bits per heavy atom. The van der Waals surface area contributed by atoms with Gasteiger partial charge in [0, 0.05) is 17.1 Å². The van der Waals surface area contributed by atoms with Crippen molar-refractivity contribution < 1.29 is 19.1 Å². The van der Waals surface area contributed by atoms with E-state index in [-0.39, 0.29) is 17.8 Å². The third-order valence-electron chi connectivity index (χ3n) is 3.07. The Hall–Kier alpha value is -1.11. The van der Waals surface area contributed by atoms with Crippen LogP contribution in [0.25, 0.3) is 0 Å². The van der Waals surface area contributed by atoms with E-state index in [1.807, 2.05) is 19.2 Å². The summed E-state index contributed by atoms with van der Waals surface area (Å²) in [6, 6.07) is 5.40. The van der Waals surface area contributed by atoms with Crippen LogP contribution in [0.4, 0.5) is 4.79 Å². The van der Waals surface area contributed by atoms with Gasteiger partial charge in [-0.05, 0) is 57.7 Å². The number of benzene rings is 1. The number of thioether (sulfide) groups is 1. The molecule has 0 spiro atoms. The molecule has 5 nitrogen and oxygen atoms in total. The lowest BCUT2D eigenvalue weighted by molar-refractivity contribution is -0.141. The summed E-state index contributed by atoms with van der Waals surface area (Å²) in [5, 5.41) is 1.22. The number of esters is 1. The van der Waals surface area contributed by atoms with Gasteiger partial charge in [0.25, 0.3) is 0 Å². The molecular weight excluding hydrogens is 397 g/mol. The van der Waals surface area contributed by atoms with Crippen molar-refractivity contribution >= 4 is 47.0 Å². The third kappa shape index (κ3) is 10.1. The van der Waals surface area contributed by atoms with Crippen LogP contribution < -0.4 is 0 Å². The minimum absolute atomic E-state index is 0.146. The lowest BCUT2D eigenvalue weighted by Crippen LogP contribution is -2.40. The molecule has 148 valence electrons. The van der Waals surface area contributed by atoms with Crippen LogP contribution >= 0.6 is 35.0 Å². The number of amides is 1. The zero-order valence-electron chi connectivity index (χ0n) is 16.3. The number of hydrogen-bond acceptors (Lipinski definition) is 5. The van der Waals surface area contributed by atoms with Gasteiger partial charge < -0.3 is 9.47 Å². The first-order valence-electron chi connectivity index (χ1n) is 7.88. The Balaban J connectivity index is 0.000000577. The van der Waals surface area contributed by atoms with Gasteiger partial charge in [-0.3, -0.25) is 9.69 Å². The number of rotatable bonds is 4. The van der Waals surface area contributed by atoms with Crippen molar-refractivity contribution in [1.82, 2.24) is 4.90 Å². The SMILES string of the molecule is COC(=O)CC(SC)N(C)C(=O)OC(C)(C)C.Cc1cc(Cl)ccc1Cl. The van der Waals surface area contributed by atoms with E-state index >= 15 is 0 Å². The number of halogens is 2. The average molecular weight is 424 g/mol. The molecule has 0 aliphatic carbocycles. The lowest BCUT2D eigenvalue weighted by Gasteiger charge is -2.29. The summed E-state index contributed by atoms with van der Waals surface area (Å²) in [7, 11) is 2.94. The van der Waals surface area contributed by atoms with E-state index in [1.54, 1.807) is 40.0 Å². The van der Waals surface area contributed by atoms with Gasteiger partial charge in [-0.15, -0.1) is 11.8 Å². The minimum atomic E-state index is -0.542. The fourth-order valence-electron chi connectivity index (χ4n) is 1.66. The van der Waals surface area contributed by atoms with E-state index < -0.39 is 11.7 Å². The van der Waals surface area contributed by atoms with Crippen LogP contribution in [0.1, 0.15) is 32.8 Å². The summed E-state index contributed by atoms with van der Waals surface area (Å²) in [6.45, 7) is 7.32. The molecule has 26 heavy (non-hydrogen) atoms. The Kier molecular flexibility index (Phi) is 11.1. The summed E-state index contributed by atoms with van der Waals surface area (Å²) >= 11 is 12.8. The molecule has 0 saturated heterocycles. The van der Waals surface area contributed by atoms with Crippen molar-refractivity contribution in [3.63, 3.8) is 0 Å². The van der Waals surface area contributed by atoms with Crippen LogP contribution in [0.3, 0.4) is 0 Å². The third-order valence-corrected chi connectivity index (χ3v) is 4.76. The Bertz CT molecular complexity index is 605. The number of ether oxygens (including phenoxy) is 2. The number of nitrogens with zero attached hydrogens (tertiary/aromatic N) is 1. The number of hydrogen-bond donors (Lipinski definition) is 0. The van der Waals surface area contributed by atoms with Crippen molar-refractivity contribution in [3.05, 3.63) is 33.8 Å². The Labute approximate surface area is 170 Å². The molecule has 8 heteroatoms. The predicted octanol–water partition coefficient (Wildman–Crippen LogP) is 5.41. The molecular formula is C18H27Cl2NO4S. The molecule has 0 aliphatic rings. The van der Waals surface area contributed by atoms with Gasteiger partial charge in [0.15, 0.2) is 0 Å². The second-order valence-corrected chi connectivity index (χ2v) is 8.31. The molecule has 0 bridgehead atoms. The van der Waals surface area contributed by atoms with Crippen LogP contribution in [0.5, 0.6) is 0 Å². The Morgan fingerprint density at radius 2 is 1.85 bits per heavy atom. The number of carbonyl (C=O) groups excluding carboxylic acids is 2. The fourth-order valence-corrected chi connectivity index (χ4v) is 2.71. The van der Waals surface area contributed by atoms with Gasteiger partial charge >= 0.3 is 12.1 Å². The van der Waals surface area contributed by atoms with Gasteiger partial charge in [-0.2, -0.15) is 0 Å². The molecule has 0 radical (unpaired) electrons. The largest absolute Gasteiger partial charge is 0.469 e. The highest BCUT2D eigenvalue weighted by Crippen LogP contribution is 2.19. The monoisotopic (exact) mass is 423 g/mol. The lowest BCUT2D eigenvalue weighted by atomic mass is 10.2. The standard InChI is InChI=1S/C11H21NO4S.C7H6Cl2/c1-11(2,3)16-10(14)12(4)8(17-6)7-9(13)15-5;1-5-4-6(8)2-3-7(5)9/h8H,7H2,1-6H3;2-4H,1H3. The Morgan fingerprint density at radius 3 is 2.23 bits per heavy atom. The van der Waals surface area contributed by atoms with Crippen LogP contribution in [-0.4, -0.2) is 48.4 Å². The zero-order chi connectivity index (χ0) is 20.5. The van der Waals surface area contributed by atoms with Gasteiger partial charge in [-0.25, -0.2) is 4.79 Å². The molecule has 1 aromatic carbocycles. The molecule has 0 saturated carbocycles. The first-order valence-corrected chi connectivity index (χ1v) is 9.92. The minimum Gasteiger partial charge on any atom is -0.469 e. The maximum atomic E-state index is 11.8. The van der Waals surface area contributed by atoms with E-state index in [1.165, 1.54) is 23.8 Å². The van der Waals surface area contributed by atoms with Crippen LogP contribution in [-0.2, 0) is 14.3 Å². The molecule has 1 aromatic rings. The molecule has 0 N–H and O–H groups in total. The van der Waals surface area contributed by atoms with Gasteiger partial charge in [0.05, 0.1) is 18.9 Å². The van der Waals surface area contributed by atoms with E-state index in [0.717, 1.165) is 15.6 Å². The van der Waals surface area contributed by atoms with Gasteiger partial charge in [-0.1, -0.05) is 23.2 Å². The topological polar surface area (TPSA) is 55.8 Å². The molecule has 0 fully saturated rings. The van der Waals surface area contributed by atoms with E-state index in [9.17, 15) is 9.59 Å². The first kappa shape index (κ1) is 24.9. The summed E-state index contributed by atoms with van der Waals surface area (Å²) < 4.78 is 9.80. The zero-order valence-corrected chi connectivity index (χ0v) is 18.6. The molecule has 1 unspecified atom stereocenters. The van der Waals surface area contributed by atoms with Gasteiger partial charge in [0.1, 0.15) is 5.60 Å². The molecule has 1 rings (SSSR count). The normalized spacial score (nSPS) is 11.7. The van der Waals surface area contributed by atoms with Crippen molar-refractivity contribution in [2.75, 3.05) is 20.4 Å². The van der Waals surface area contributed by atoms with Crippen molar-refractivity contribution in [2.45, 2.75) is 45.1 Å². The van der Waals surface area contributed by atoms with Crippen molar-refractivity contribution in [1.29, 1.82) is 0 Å². The van der Waals surface area contributed by atoms with E-state index in [2.05, 4.69) is 4.74 Å². The van der Waals surface area contributed by atoms with Crippen LogP contribution in [0, 0.1) is 6.92 Å².